The average molecular weight is 337 g/mol. The highest BCUT2D eigenvalue weighted by atomic mass is 16.2. The van der Waals surface area contributed by atoms with E-state index in [1.54, 1.807) is 0 Å². The molecule has 4 nitrogen and oxygen atoms in total. The van der Waals surface area contributed by atoms with E-state index in [4.69, 9.17) is 4.98 Å². The van der Waals surface area contributed by atoms with Crippen LogP contribution in [0.2, 0.25) is 0 Å². The first-order valence-corrected chi connectivity index (χ1v) is 9.42. The smallest absolute Gasteiger partial charge is 0.254 e. The van der Waals surface area contributed by atoms with E-state index in [1.165, 1.54) is 24.0 Å². The lowest BCUT2D eigenvalue weighted by molar-refractivity contribution is 0.0789. The molecule has 132 valence electrons. The zero-order valence-corrected chi connectivity index (χ0v) is 15.4. The molecule has 2 heterocycles. The van der Waals surface area contributed by atoms with Crippen molar-refractivity contribution in [2.45, 2.75) is 39.0 Å². The van der Waals surface area contributed by atoms with E-state index in [-0.39, 0.29) is 5.91 Å². The second-order valence-corrected chi connectivity index (χ2v) is 7.81. The molecule has 1 amide bonds. The van der Waals surface area contributed by atoms with Gasteiger partial charge in [0, 0.05) is 30.1 Å². The number of hydrogen-bond acceptors (Lipinski definition) is 3. The number of amides is 1. The van der Waals surface area contributed by atoms with Crippen molar-refractivity contribution in [3.63, 3.8) is 0 Å². The molecule has 0 spiro atoms. The van der Waals surface area contributed by atoms with Crippen LogP contribution >= 0.6 is 0 Å². The molecule has 1 atom stereocenters. The third kappa shape index (κ3) is 3.15. The number of benzene rings is 1. The van der Waals surface area contributed by atoms with Gasteiger partial charge in [0.2, 0.25) is 0 Å². The summed E-state index contributed by atoms with van der Waals surface area (Å²) in [6, 6.07) is 6.37. The molecular weight excluding hydrogens is 310 g/mol. The average Bonchev–Trinajstić information content (AvgIpc) is 3.33. The van der Waals surface area contributed by atoms with Gasteiger partial charge in [-0.3, -0.25) is 9.78 Å². The van der Waals surface area contributed by atoms with Gasteiger partial charge < -0.3 is 10.2 Å². The van der Waals surface area contributed by atoms with Crippen LogP contribution in [0.4, 0.5) is 0 Å². The molecule has 1 saturated heterocycles. The minimum atomic E-state index is 0.179. The van der Waals surface area contributed by atoms with E-state index < -0.39 is 0 Å². The summed E-state index contributed by atoms with van der Waals surface area (Å²) >= 11 is 0. The number of aryl methyl sites for hydroxylation is 2. The van der Waals surface area contributed by atoms with Crippen LogP contribution in [-0.4, -0.2) is 42.5 Å². The third-order valence-electron chi connectivity index (χ3n) is 5.56. The largest absolute Gasteiger partial charge is 0.338 e. The molecule has 0 bridgehead atoms. The predicted molar refractivity (Wildman–Crippen MR) is 101 cm³/mol. The number of nitrogens with zero attached hydrogens (tertiary/aromatic N) is 2. The summed E-state index contributed by atoms with van der Waals surface area (Å²) in [5.41, 5.74) is 5.32. The van der Waals surface area contributed by atoms with Crippen molar-refractivity contribution in [1.82, 2.24) is 15.2 Å². The van der Waals surface area contributed by atoms with Crippen molar-refractivity contribution in [3.8, 4) is 0 Å². The molecular formula is C21H27N3O. The topological polar surface area (TPSA) is 45.2 Å². The fourth-order valence-electron chi connectivity index (χ4n) is 4.11. The summed E-state index contributed by atoms with van der Waals surface area (Å²) in [5.74, 6) is 1.29. The minimum absolute atomic E-state index is 0.179. The lowest BCUT2D eigenvalue weighted by Gasteiger charge is -2.19. The molecule has 1 unspecified atom stereocenters. The minimum Gasteiger partial charge on any atom is -0.338 e. The summed E-state index contributed by atoms with van der Waals surface area (Å²) in [7, 11) is 1.98. The molecule has 1 aromatic heterocycles. The van der Waals surface area contributed by atoms with Crippen molar-refractivity contribution in [3.05, 3.63) is 40.6 Å². The number of hydrogen-bond donors (Lipinski definition) is 1. The Morgan fingerprint density at radius 1 is 1.24 bits per heavy atom. The Labute approximate surface area is 149 Å². The number of nitrogens with one attached hydrogen (secondary N) is 1. The Morgan fingerprint density at radius 2 is 2.04 bits per heavy atom. The van der Waals surface area contributed by atoms with Crippen LogP contribution in [-0.2, 0) is 0 Å². The van der Waals surface area contributed by atoms with Crippen LogP contribution in [0.25, 0.3) is 10.9 Å². The second kappa shape index (κ2) is 6.41. The Hall–Kier alpha value is -1.94. The Balaban J connectivity index is 1.76. The van der Waals surface area contributed by atoms with Gasteiger partial charge in [0.25, 0.3) is 5.91 Å². The normalized spacial score (nSPS) is 20.4. The van der Waals surface area contributed by atoms with Gasteiger partial charge in [-0.25, -0.2) is 0 Å². The van der Waals surface area contributed by atoms with Crippen LogP contribution in [0.1, 0.15) is 52.4 Å². The van der Waals surface area contributed by atoms with E-state index in [0.717, 1.165) is 48.2 Å². The second-order valence-electron chi connectivity index (χ2n) is 7.81. The first kappa shape index (κ1) is 16.5. The zero-order chi connectivity index (χ0) is 17.6. The molecule has 1 aliphatic heterocycles. The van der Waals surface area contributed by atoms with Crippen molar-refractivity contribution >= 4 is 16.8 Å². The van der Waals surface area contributed by atoms with E-state index in [2.05, 4.69) is 37.4 Å². The maximum atomic E-state index is 13.3. The number of pyridine rings is 1. The SMILES string of the molecule is CNCC1CCN(C(=O)c2cc(C3CC3)nc3c(C)cc(C)cc23)C1. The lowest BCUT2D eigenvalue weighted by atomic mass is 10.00. The Bertz CT molecular complexity index is 825. The molecule has 0 radical (unpaired) electrons. The number of likely N-dealkylation sites (tertiary alicyclic amines) is 1. The maximum Gasteiger partial charge on any atom is 0.254 e. The summed E-state index contributed by atoms with van der Waals surface area (Å²) in [5, 5.41) is 4.26. The molecule has 1 saturated carbocycles. The van der Waals surface area contributed by atoms with Gasteiger partial charge >= 0.3 is 0 Å². The van der Waals surface area contributed by atoms with Gasteiger partial charge in [-0.2, -0.15) is 0 Å². The first-order chi connectivity index (χ1) is 12.1. The van der Waals surface area contributed by atoms with Crippen molar-refractivity contribution in [1.29, 1.82) is 0 Å². The third-order valence-corrected chi connectivity index (χ3v) is 5.56. The molecule has 2 aliphatic rings. The number of carbonyl (C=O) groups is 1. The Morgan fingerprint density at radius 3 is 2.76 bits per heavy atom. The van der Waals surface area contributed by atoms with Crippen LogP contribution < -0.4 is 5.32 Å². The van der Waals surface area contributed by atoms with E-state index in [9.17, 15) is 4.79 Å². The number of carbonyl (C=O) groups excluding carboxylic acids is 1. The van der Waals surface area contributed by atoms with Crippen molar-refractivity contribution < 1.29 is 4.79 Å². The predicted octanol–water partition coefficient (Wildman–Crippen LogP) is 3.41. The van der Waals surface area contributed by atoms with Crippen LogP contribution in [0.5, 0.6) is 0 Å². The summed E-state index contributed by atoms with van der Waals surface area (Å²) < 4.78 is 0. The molecule has 4 heteroatoms. The number of fused-ring (bicyclic) bond motifs is 1. The number of aromatic nitrogens is 1. The fraction of sp³-hybridized carbons (Fsp3) is 0.524. The monoisotopic (exact) mass is 337 g/mol. The number of rotatable bonds is 4. The van der Waals surface area contributed by atoms with Crippen LogP contribution in [0.15, 0.2) is 18.2 Å². The fourth-order valence-corrected chi connectivity index (χ4v) is 4.11. The van der Waals surface area contributed by atoms with Gasteiger partial charge in [0.15, 0.2) is 0 Å². The van der Waals surface area contributed by atoms with Gasteiger partial charge in [0.05, 0.1) is 11.1 Å². The van der Waals surface area contributed by atoms with Crippen molar-refractivity contribution in [2.24, 2.45) is 5.92 Å². The summed E-state index contributed by atoms with van der Waals surface area (Å²) in [6.45, 7) is 6.89. The van der Waals surface area contributed by atoms with E-state index >= 15 is 0 Å². The molecule has 1 aliphatic carbocycles. The van der Waals surface area contributed by atoms with E-state index in [0.29, 0.717) is 11.8 Å². The van der Waals surface area contributed by atoms with Crippen LogP contribution in [0.3, 0.4) is 0 Å². The highest BCUT2D eigenvalue weighted by molar-refractivity contribution is 6.07. The molecule has 1 aromatic carbocycles. The first-order valence-electron chi connectivity index (χ1n) is 9.42. The van der Waals surface area contributed by atoms with Gasteiger partial charge in [-0.05, 0) is 70.3 Å². The molecule has 25 heavy (non-hydrogen) atoms. The van der Waals surface area contributed by atoms with Crippen LogP contribution in [0, 0.1) is 19.8 Å². The molecule has 2 aromatic rings. The highest BCUT2D eigenvalue weighted by Crippen LogP contribution is 2.41. The maximum absolute atomic E-state index is 13.3. The lowest BCUT2D eigenvalue weighted by Crippen LogP contribution is -2.30. The standard InChI is InChI=1S/C21H27N3O/c1-13-8-14(2)20-17(9-13)18(10-19(23-20)16-4-5-16)21(25)24-7-6-15(12-24)11-22-3/h8-10,15-16,22H,4-7,11-12H2,1-3H3. The van der Waals surface area contributed by atoms with Gasteiger partial charge in [0.1, 0.15) is 0 Å². The van der Waals surface area contributed by atoms with E-state index in [1.807, 2.05) is 11.9 Å². The zero-order valence-electron chi connectivity index (χ0n) is 15.4. The molecule has 4 rings (SSSR count). The van der Waals surface area contributed by atoms with Gasteiger partial charge in [-0.15, -0.1) is 0 Å². The van der Waals surface area contributed by atoms with Gasteiger partial charge in [-0.1, -0.05) is 11.6 Å². The Kier molecular flexibility index (Phi) is 4.24. The molecule has 1 N–H and O–H groups in total. The summed E-state index contributed by atoms with van der Waals surface area (Å²) in [4.78, 5) is 20.3. The summed E-state index contributed by atoms with van der Waals surface area (Å²) in [6.07, 6.45) is 3.49. The quantitative estimate of drug-likeness (QED) is 0.930. The molecule has 2 fully saturated rings. The van der Waals surface area contributed by atoms with Crippen molar-refractivity contribution in [2.75, 3.05) is 26.7 Å². The highest BCUT2D eigenvalue weighted by Gasteiger charge is 2.31.